The molecule has 1 aliphatic rings. The highest BCUT2D eigenvalue weighted by atomic mass is 16.3. The van der Waals surface area contributed by atoms with Crippen LogP contribution in [-0.2, 0) is 6.42 Å². The second kappa shape index (κ2) is 5.14. The fourth-order valence-corrected chi connectivity index (χ4v) is 1.82. The number of carbonyl (C=O) groups excluding carboxylic acids is 1. The summed E-state index contributed by atoms with van der Waals surface area (Å²) in [5, 5.41) is 19.0. The third kappa shape index (κ3) is 2.39. The number of nitrogens with one attached hydrogen (secondary N) is 1. The summed E-state index contributed by atoms with van der Waals surface area (Å²) in [5.41, 5.74) is 2.18. The van der Waals surface area contributed by atoms with Crippen LogP contribution in [0.3, 0.4) is 0 Å². The second-order valence-corrected chi connectivity index (χ2v) is 4.23. The molecule has 0 fully saturated rings. The van der Waals surface area contributed by atoms with Crippen molar-refractivity contribution in [2.75, 3.05) is 11.9 Å². The maximum absolute atomic E-state index is 11.3. The number of amides is 1. The number of anilines is 2. The molecule has 0 atom stereocenters. The number of benzene rings is 1. The van der Waals surface area contributed by atoms with Crippen LogP contribution in [0.15, 0.2) is 40.7 Å². The van der Waals surface area contributed by atoms with Gasteiger partial charge in [-0.25, -0.2) is 4.98 Å². The summed E-state index contributed by atoms with van der Waals surface area (Å²) in [6.07, 6.45) is 2.03. The van der Waals surface area contributed by atoms with E-state index in [-0.39, 0.29) is 12.4 Å². The van der Waals surface area contributed by atoms with Gasteiger partial charge in [-0.3, -0.25) is 4.79 Å². The van der Waals surface area contributed by atoms with Gasteiger partial charge >= 0.3 is 5.91 Å². The molecule has 0 saturated heterocycles. The van der Waals surface area contributed by atoms with Gasteiger partial charge in [0.15, 0.2) is 5.82 Å². The summed E-state index contributed by atoms with van der Waals surface area (Å²) < 4.78 is 0. The van der Waals surface area contributed by atoms with Crippen LogP contribution in [0.1, 0.15) is 15.9 Å². The number of aliphatic hydroxyl groups excluding tert-OH is 1. The highest BCUT2D eigenvalue weighted by molar-refractivity contribution is 6.00. The standard InChI is InChI=1S/C13H11N5O2/c19-6-5-8-1-3-9(4-2-8)15-13-14-7-10-11(16-13)17-18-12(10)20/h1-4,7,19H,5-6H2,(H,14,15,16). The van der Waals surface area contributed by atoms with Gasteiger partial charge in [-0.1, -0.05) is 12.1 Å². The highest BCUT2D eigenvalue weighted by Crippen LogP contribution is 2.25. The van der Waals surface area contributed by atoms with Crippen molar-refractivity contribution in [1.29, 1.82) is 0 Å². The molecule has 0 unspecified atom stereocenters. The van der Waals surface area contributed by atoms with Gasteiger partial charge in [0.25, 0.3) is 0 Å². The fourth-order valence-electron chi connectivity index (χ4n) is 1.82. The topological polar surface area (TPSA) is 99.8 Å². The molecule has 20 heavy (non-hydrogen) atoms. The van der Waals surface area contributed by atoms with Crippen molar-refractivity contribution in [3.05, 3.63) is 41.6 Å². The number of hydrogen-bond acceptors (Lipinski definition) is 6. The van der Waals surface area contributed by atoms with Crippen molar-refractivity contribution in [2.24, 2.45) is 10.2 Å². The summed E-state index contributed by atoms with van der Waals surface area (Å²) in [6, 6.07) is 7.56. The van der Waals surface area contributed by atoms with Crippen molar-refractivity contribution in [2.45, 2.75) is 6.42 Å². The van der Waals surface area contributed by atoms with Gasteiger partial charge < -0.3 is 10.4 Å². The van der Waals surface area contributed by atoms with E-state index in [0.717, 1.165) is 11.3 Å². The Labute approximate surface area is 114 Å². The molecule has 7 nitrogen and oxygen atoms in total. The van der Waals surface area contributed by atoms with Crippen LogP contribution < -0.4 is 5.32 Å². The maximum atomic E-state index is 11.3. The van der Waals surface area contributed by atoms with E-state index < -0.39 is 5.91 Å². The number of rotatable bonds is 4. The minimum absolute atomic E-state index is 0.125. The van der Waals surface area contributed by atoms with E-state index in [1.54, 1.807) is 0 Å². The fraction of sp³-hybridized carbons (Fsp3) is 0.154. The van der Waals surface area contributed by atoms with E-state index >= 15 is 0 Å². The van der Waals surface area contributed by atoms with Gasteiger partial charge in [0.2, 0.25) is 5.95 Å². The van der Waals surface area contributed by atoms with Gasteiger partial charge in [-0.05, 0) is 24.1 Å². The number of aliphatic hydroxyl groups is 1. The molecule has 2 aromatic rings. The first-order chi connectivity index (χ1) is 9.76. The van der Waals surface area contributed by atoms with Gasteiger partial charge in [0, 0.05) is 18.5 Å². The zero-order valence-corrected chi connectivity index (χ0v) is 10.4. The molecule has 1 aliphatic heterocycles. The summed E-state index contributed by atoms with van der Waals surface area (Å²) in [4.78, 5) is 19.4. The van der Waals surface area contributed by atoms with Crippen LogP contribution in [0.5, 0.6) is 0 Å². The summed E-state index contributed by atoms with van der Waals surface area (Å²) in [7, 11) is 0. The molecule has 0 aliphatic carbocycles. The smallest absolute Gasteiger partial charge is 0.300 e. The van der Waals surface area contributed by atoms with Crippen LogP contribution >= 0.6 is 0 Å². The number of fused-ring (bicyclic) bond motifs is 1. The zero-order chi connectivity index (χ0) is 13.9. The second-order valence-electron chi connectivity index (χ2n) is 4.23. The summed E-state index contributed by atoms with van der Waals surface area (Å²) >= 11 is 0. The van der Waals surface area contributed by atoms with Crippen LogP contribution in [0, 0.1) is 0 Å². The van der Waals surface area contributed by atoms with Crippen LogP contribution in [0.25, 0.3) is 0 Å². The minimum atomic E-state index is -0.417. The molecule has 2 heterocycles. The molecule has 1 amide bonds. The molecule has 0 saturated carbocycles. The third-order valence-electron chi connectivity index (χ3n) is 2.85. The van der Waals surface area contributed by atoms with E-state index in [9.17, 15) is 4.79 Å². The van der Waals surface area contributed by atoms with Crippen molar-refractivity contribution in [3.63, 3.8) is 0 Å². The molecule has 1 aromatic carbocycles. The Morgan fingerprint density at radius 1 is 1.15 bits per heavy atom. The Hall–Kier alpha value is -2.67. The van der Waals surface area contributed by atoms with E-state index in [0.29, 0.717) is 17.9 Å². The minimum Gasteiger partial charge on any atom is -0.396 e. The number of aromatic nitrogens is 2. The van der Waals surface area contributed by atoms with Crippen molar-refractivity contribution in [3.8, 4) is 0 Å². The SMILES string of the molecule is O=C1N=Nc2nc(Nc3ccc(CCO)cc3)ncc21. The Morgan fingerprint density at radius 2 is 1.95 bits per heavy atom. The van der Waals surface area contributed by atoms with Crippen LogP contribution in [0.2, 0.25) is 0 Å². The first-order valence-corrected chi connectivity index (χ1v) is 6.06. The third-order valence-corrected chi connectivity index (χ3v) is 2.85. The quantitative estimate of drug-likeness (QED) is 0.884. The predicted octanol–water partition coefficient (Wildman–Crippen LogP) is 1.99. The molecule has 0 spiro atoms. The van der Waals surface area contributed by atoms with Crippen molar-refractivity contribution in [1.82, 2.24) is 9.97 Å². The molecule has 3 rings (SSSR count). The zero-order valence-electron chi connectivity index (χ0n) is 10.4. The van der Waals surface area contributed by atoms with Crippen LogP contribution in [0.4, 0.5) is 17.5 Å². The van der Waals surface area contributed by atoms with Gasteiger partial charge in [-0.15, -0.1) is 10.2 Å². The Morgan fingerprint density at radius 3 is 2.70 bits per heavy atom. The first-order valence-electron chi connectivity index (χ1n) is 6.06. The lowest BCUT2D eigenvalue weighted by molar-refractivity contribution is 0.100. The van der Waals surface area contributed by atoms with E-state index in [2.05, 4.69) is 25.5 Å². The molecule has 0 radical (unpaired) electrons. The maximum Gasteiger partial charge on any atom is 0.300 e. The lowest BCUT2D eigenvalue weighted by Gasteiger charge is -2.06. The van der Waals surface area contributed by atoms with Crippen LogP contribution in [-0.4, -0.2) is 27.6 Å². The van der Waals surface area contributed by atoms with Crippen molar-refractivity contribution >= 4 is 23.4 Å². The predicted molar refractivity (Wildman–Crippen MR) is 71.4 cm³/mol. The summed E-state index contributed by atoms with van der Waals surface area (Å²) in [5.74, 6) is 0.219. The monoisotopic (exact) mass is 269 g/mol. The molecule has 0 bridgehead atoms. The van der Waals surface area contributed by atoms with Gasteiger partial charge in [-0.2, -0.15) is 4.98 Å². The summed E-state index contributed by atoms with van der Waals surface area (Å²) in [6.45, 7) is 0.125. The number of carbonyl (C=O) groups is 1. The normalized spacial score (nSPS) is 12.6. The molecule has 2 N–H and O–H groups in total. The molecular formula is C13H11N5O2. The van der Waals surface area contributed by atoms with E-state index in [1.165, 1.54) is 6.20 Å². The van der Waals surface area contributed by atoms with Gasteiger partial charge in [0.05, 0.1) is 0 Å². The number of hydrogen-bond donors (Lipinski definition) is 2. The Kier molecular flexibility index (Phi) is 3.18. The van der Waals surface area contributed by atoms with Gasteiger partial charge in [0.1, 0.15) is 5.56 Å². The molecule has 7 heteroatoms. The molecule has 1 aromatic heterocycles. The first kappa shape index (κ1) is 12.4. The molecule has 100 valence electrons. The average Bonchev–Trinajstić information content (AvgIpc) is 2.83. The number of azo groups is 1. The lowest BCUT2D eigenvalue weighted by atomic mass is 10.1. The lowest BCUT2D eigenvalue weighted by Crippen LogP contribution is -1.99. The Balaban J connectivity index is 1.78. The van der Waals surface area contributed by atoms with E-state index in [4.69, 9.17) is 5.11 Å². The Bertz CT molecular complexity index is 682. The largest absolute Gasteiger partial charge is 0.396 e. The highest BCUT2D eigenvalue weighted by Gasteiger charge is 2.19. The number of nitrogens with zero attached hydrogens (tertiary/aromatic N) is 4. The van der Waals surface area contributed by atoms with Crippen molar-refractivity contribution < 1.29 is 9.90 Å². The average molecular weight is 269 g/mol. The molecular weight excluding hydrogens is 258 g/mol. The van der Waals surface area contributed by atoms with E-state index in [1.807, 2.05) is 24.3 Å².